The lowest BCUT2D eigenvalue weighted by molar-refractivity contribution is -0.108. The molecule has 132 valence electrons. The van der Waals surface area contributed by atoms with E-state index in [4.69, 9.17) is 5.73 Å². The number of aldehydes is 1. The fourth-order valence-corrected chi connectivity index (χ4v) is 2.27. The van der Waals surface area contributed by atoms with Crippen LogP contribution in [0.5, 0.6) is 0 Å². The zero-order valence-corrected chi connectivity index (χ0v) is 14.6. The van der Waals surface area contributed by atoms with Crippen molar-refractivity contribution >= 4 is 18.3 Å². The smallest absolute Gasteiger partial charge is 0.148 e. The standard InChI is InChI=1S/C19H25N5O/c1-5-7-16(6-2)8-9-22-19-15(3)24(10-11-25)18(14-23-19)17(12-20)13-21-4/h5-7,11-14H,1-3,8-10,20H2,4H3,(H,22,23)/b16-7+,17-12+,21-13?. The SMILES string of the molecule is C=C/C=C(\C=C)CCN=C1NC=C(/C(C=NC)=C/N)N(CC=O)C1=C. The number of hydrogen-bond donors (Lipinski definition) is 2. The fraction of sp³-hybridized carbons (Fsp3) is 0.211. The van der Waals surface area contributed by atoms with Gasteiger partial charge in [-0.1, -0.05) is 38.0 Å². The topological polar surface area (TPSA) is 83.1 Å². The number of nitrogens with one attached hydrogen (secondary N) is 1. The highest BCUT2D eigenvalue weighted by Gasteiger charge is 2.23. The lowest BCUT2D eigenvalue weighted by atomic mass is 10.1. The molecule has 0 fully saturated rings. The van der Waals surface area contributed by atoms with E-state index in [1.54, 1.807) is 36.5 Å². The first-order valence-corrected chi connectivity index (χ1v) is 7.82. The highest BCUT2D eigenvalue weighted by molar-refractivity contribution is 6.00. The minimum absolute atomic E-state index is 0.147. The van der Waals surface area contributed by atoms with Crippen LogP contribution in [0, 0.1) is 0 Å². The Bertz CT molecular complexity index is 680. The lowest BCUT2D eigenvalue weighted by Gasteiger charge is -2.32. The summed E-state index contributed by atoms with van der Waals surface area (Å²) < 4.78 is 0. The Kier molecular flexibility index (Phi) is 8.43. The minimum atomic E-state index is 0.147. The summed E-state index contributed by atoms with van der Waals surface area (Å²) in [4.78, 5) is 21.3. The Morgan fingerprint density at radius 1 is 1.44 bits per heavy atom. The molecule has 0 aromatic heterocycles. The molecular formula is C19H25N5O. The van der Waals surface area contributed by atoms with Gasteiger partial charge in [0.1, 0.15) is 12.1 Å². The molecule has 3 N–H and O–H groups in total. The van der Waals surface area contributed by atoms with E-state index >= 15 is 0 Å². The number of amidine groups is 1. The van der Waals surface area contributed by atoms with Gasteiger partial charge in [0.05, 0.1) is 17.9 Å². The Morgan fingerprint density at radius 3 is 2.76 bits per heavy atom. The molecule has 25 heavy (non-hydrogen) atoms. The van der Waals surface area contributed by atoms with Crippen molar-refractivity contribution in [1.82, 2.24) is 10.2 Å². The summed E-state index contributed by atoms with van der Waals surface area (Å²) in [6, 6.07) is 0. The van der Waals surface area contributed by atoms with E-state index < -0.39 is 0 Å². The maximum absolute atomic E-state index is 11.1. The maximum atomic E-state index is 11.1. The summed E-state index contributed by atoms with van der Waals surface area (Å²) in [6.07, 6.45) is 11.7. The number of rotatable bonds is 9. The van der Waals surface area contributed by atoms with Crippen molar-refractivity contribution < 1.29 is 4.79 Å². The first-order chi connectivity index (χ1) is 12.1. The molecule has 0 radical (unpaired) electrons. The average Bonchev–Trinajstić information content (AvgIpc) is 2.62. The van der Waals surface area contributed by atoms with Crippen molar-refractivity contribution in [1.29, 1.82) is 0 Å². The van der Waals surface area contributed by atoms with Gasteiger partial charge in [0.15, 0.2) is 0 Å². The number of hydrogen-bond acceptors (Lipinski definition) is 5. The van der Waals surface area contributed by atoms with Crippen molar-refractivity contribution in [2.24, 2.45) is 15.7 Å². The second-order valence-corrected chi connectivity index (χ2v) is 5.07. The summed E-state index contributed by atoms with van der Waals surface area (Å²) in [7, 11) is 1.65. The van der Waals surface area contributed by atoms with E-state index in [-0.39, 0.29) is 6.54 Å². The largest absolute Gasteiger partial charge is 0.404 e. The zero-order valence-electron chi connectivity index (χ0n) is 14.6. The van der Waals surface area contributed by atoms with Crippen LogP contribution in [0.1, 0.15) is 6.42 Å². The highest BCUT2D eigenvalue weighted by Crippen LogP contribution is 2.21. The third-order valence-corrected chi connectivity index (χ3v) is 3.50. The second-order valence-electron chi connectivity index (χ2n) is 5.07. The molecule has 0 saturated carbocycles. The van der Waals surface area contributed by atoms with Crippen LogP contribution in [-0.2, 0) is 4.79 Å². The Labute approximate surface area is 149 Å². The van der Waals surface area contributed by atoms with Gasteiger partial charge in [-0.3, -0.25) is 9.98 Å². The molecule has 0 aromatic carbocycles. The third-order valence-electron chi connectivity index (χ3n) is 3.50. The summed E-state index contributed by atoms with van der Waals surface area (Å²) >= 11 is 0. The maximum Gasteiger partial charge on any atom is 0.148 e. The van der Waals surface area contributed by atoms with E-state index in [0.717, 1.165) is 18.3 Å². The summed E-state index contributed by atoms with van der Waals surface area (Å²) in [5.74, 6) is 0.609. The molecule has 0 bridgehead atoms. The quantitative estimate of drug-likeness (QED) is 0.383. The summed E-state index contributed by atoms with van der Waals surface area (Å²) in [5, 5.41) is 3.11. The Balaban J connectivity index is 3.02. The van der Waals surface area contributed by atoms with Crippen LogP contribution in [0.15, 0.2) is 82.9 Å². The van der Waals surface area contributed by atoms with Crippen LogP contribution >= 0.6 is 0 Å². The van der Waals surface area contributed by atoms with Gasteiger partial charge in [-0.25, -0.2) is 0 Å². The molecule has 0 unspecified atom stereocenters. The normalized spacial score (nSPS) is 17.5. The van der Waals surface area contributed by atoms with Crippen molar-refractivity contribution in [3.05, 3.63) is 72.9 Å². The van der Waals surface area contributed by atoms with Crippen molar-refractivity contribution in [2.45, 2.75) is 6.42 Å². The summed E-state index contributed by atoms with van der Waals surface area (Å²) in [6.45, 7) is 12.2. The van der Waals surface area contributed by atoms with E-state index in [9.17, 15) is 4.79 Å². The molecule has 0 atom stereocenters. The predicted octanol–water partition coefficient (Wildman–Crippen LogP) is 2.08. The monoisotopic (exact) mass is 339 g/mol. The minimum Gasteiger partial charge on any atom is -0.404 e. The second kappa shape index (κ2) is 10.6. The predicted molar refractivity (Wildman–Crippen MR) is 105 cm³/mol. The molecule has 6 nitrogen and oxygen atoms in total. The third kappa shape index (κ3) is 5.46. The van der Waals surface area contributed by atoms with Gasteiger partial charge in [-0.2, -0.15) is 0 Å². The van der Waals surface area contributed by atoms with Crippen LogP contribution in [0.4, 0.5) is 0 Å². The van der Waals surface area contributed by atoms with Crippen LogP contribution < -0.4 is 11.1 Å². The first-order valence-electron chi connectivity index (χ1n) is 7.82. The van der Waals surface area contributed by atoms with Crippen LogP contribution in [-0.4, -0.2) is 43.4 Å². The molecule has 0 aliphatic carbocycles. The van der Waals surface area contributed by atoms with Crippen molar-refractivity contribution in [3.63, 3.8) is 0 Å². The molecule has 1 rings (SSSR count). The van der Waals surface area contributed by atoms with E-state index in [2.05, 4.69) is 35.0 Å². The molecule has 0 saturated heterocycles. The molecule has 0 aromatic rings. The molecule has 6 heteroatoms. The number of carbonyl (C=O) groups is 1. The highest BCUT2D eigenvalue weighted by atomic mass is 16.1. The van der Waals surface area contributed by atoms with Crippen LogP contribution in [0.25, 0.3) is 0 Å². The molecule has 1 heterocycles. The number of nitrogens with zero attached hydrogens (tertiary/aromatic N) is 3. The van der Waals surface area contributed by atoms with Crippen LogP contribution in [0.3, 0.4) is 0 Å². The van der Waals surface area contributed by atoms with Crippen LogP contribution in [0.2, 0.25) is 0 Å². The van der Waals surface area contributed by atoms with Gasteiger partial charge in [-0.15, -0.1) is 0 Å². The number of aliphatic imine (C=N–C) groups is 2. The van der Waals surface area contributed by atoms with Gasteiger partial charge in [0.2, 0.25) is 0 Å². The Hall–Kier alpha value is -3.15. The number of nitrogens with two attached hydrogens (primary N) is 1. The molecule has 0 amide bonds. The Morgan fingerprint density at radius 2 is 2.20 bits per heavy atom. The van der Waals surface area contributed by atoms with Gasteiger partial charge < -0.3 is 20.7 Å². The first kappa shape index (κ1) is 19.9. The number of allylic oxidation sites excluding steroid dienone is 4. The van der Waals surface area contributed by atoms with E-state index in [0.29, 0.717) is 29.3 Å². The lowest BCUT2D eigenvalue weighted by Crippen LogP contribution is -2.39. The van der Waals surface area contributed by atoms with Crippen molar-refractivity contribution in [2.75, 3.05) is 20.1 Å². The van der Waals surface area contributed by atoms with Gasteiger partial charge in [0.25, 0.3) is 0 Å². The summed E-state index contributed by atoms with van der Waals surface area (Å²) in [5.41, 5.74) is 8.70. The molecule has 1 aliphatic heterocycles. The van der Waals surface area contributed by atoms with E-state index in [1.165, 1.54) is 6.20 Å². The van der Waals surface area contributed by atoms with Gasteiger partial charge >= 0.3 is 0 Å². The van der Waals surface area contributed by atoms with Crippen molar-refractivity contribution in [3.8, 4) is 0 Å². The fourth-order valence-electron chi connectivity index (χ4n) is 2.27. The average molecular weight is 339 g/mol. The molecular weight excluding hydrogens is 314 g/mol. The molecule has 1 aliphatic rings. The molecule has 0 spiro atoms. The zero-order chi connectivity index (χ0) is 18.7. The number of carbonyl (C=O) groups excluding carboxylic acids is 1. The van der Waals surface area contributed by atoms with E-state index in [1.807, 2.05) is 6.08 Å². The van der Waals surface area contributed by atoms with Gasteiger partial charge in [-0.05, 0) is 12.0 Å². The van der Waals surface area contributed by atoms with Gasteiger partial charge in [0, 0.05) is 37.8 Å².